The number of hydrogen-bond acceptors (Lipinski definition) is 10. The third-order valence-corrected chi connectivity index (χ3v) is 4.00. The summed E-state index contributed by atoms with van der Waals surface area (Å²) in [5.41, 5.74) is -2.65. The van der Waals surface area contributed by atoms with Crippen LogP contribution in [0, 0.1) is 22.7 Å². The summed E-state index contributed by atoms with van der Waals surface area (Å²) in [6, 6.07) is 3.99. The molecule has 0 bridgehead atoms. The van der Waals surface area contributed by atoms with Crippen molar-refractivity contribution >= 4 is 11.9 Å². The Balaban J connectivity index is 4.85. The maximum atomic E-state index is 11.9. The van der Waals surface area contributed by atoms with E-state index in [2.05, 4.69) is 10.2 Å². The largest absolute Gasteiger partial charge is 0.436 e. The first-order valence-electron chi connectivity index (χ1n) is 9.91. The lowest BCUT2D eigenvalue weighted by Crippen LogP contribution is -2.27. The smallest absolute Gasteiger partial charge is 0.308 e. The first-order chi connectivity index (χ1) is 14.0. The molecule has 168 valence electrons. The van der Waals surface area contributed by atoms with Gasteiger partial charge in [-0.05, 0) is 54.4 Å². The monoisotopic (exact) mass is 424 g/mol. The van der Waals surface area contributed by atoms with E-state index in [-0.39, 0.29) is 25.7 Å². The highest BCUT2D eigenvalue weighted by molar-refractivity contribution is 5.70. The number of ether oxygens (including phenoxy) is 4. The van der Waals surface area contributed by atoms with Gasteiger partial charge in [-0.2, -0.15) is 20.8 Å². The zero-order valence-corrected chi connectivity index (χ0v) is 18.6. The van der Waals surface area contributed by atoms with Gasteiger partial charge in [-0.25, -0.2) is 0 Å². The molecule has 4 unspecified atom stereocenters. The summed E-state index contributed by atoms with van der Waals surface area (Å²) < 4.78 is 20.4. The molecule has 0 rings (SSSR count). The summed E-state index contributed by atoms with van der Waals surface area (Å²) >= 11 is 0. The molecule has 0 aliphatic heterocycles. The van der Waals surface area contributed by atoms with Crippen LogP contribution in [-0.2, 0) is 28.5 Å². The highest BCUT2D eigenvalue weighted by Gasteiger charge is 2.30. The van der Waals surface area contributed by atoms with Crippen LogP contribution in [0.2, 0.25) is 0 Å². The summed E-state index contributed by atoms with van der Waals surface area (Å²) in [4.78, 5) is 23.7. The Kier molecular flexibility index (Phi) is 12.5. The zero-order chi connectivity index (χ0) is 23.2. The highest BCUT2D eigenvalue weighted by Crippen LogP contribution is 2.24. The molecule has 0 amide bonds. The van der Waals surface area contributed by atoms with Crippen LogP contribution in [0.1, 0.15) is 67.2 Å². The van der Waals surface area contributed by atoms with Crippen molar-refractivity contribution in [2.24, 2.45) is 10.2 Å². The van der Waals surface area contributed by atoms with Gasteiger partial charge in [0.2, 0.25) is 0 Å². The molecule has 0 aliphatic carbocycles. The lowest BCUT2D eigenvalue weighted by molar-refractivity contribution is -0.175. The highest BCUT2D eigenvalue weighted by atomic mass is 16.7. The van der Waals surface area contributed by atoms with Crippen LogP contribution < -0.4 is 0 Å². The fourth-order valence-electron chi connectivity index (χ4n) is 2.19. The van der Waals surface area contributed by atoms with E-state index in [4.69, 9.17) is 18.9 Å². The van der Waals surface area contributed by atoms with E-state index in [9.17, 15) is 20.1 Å². The second-order valence-electron chi connectivity index (χ2n) is 7.00. The van der Waals surface area contributed by atoms with Crippen LogP contribution in [0.3, 0.4) is 0 Å². The molecule has 4 atom stereocenters. The van der Waals surface area contributed by atoms with E-state index in [0.29, 0.717) is 13.2 Å². The maximum absolute atomic E-state index is 11.9. The van der Waals surface area contributed by atoms with Gasteiger partial charge in [0, 0.05) is 26.1 Å². The average molecular weight is 424 g/mol. The fourth-order valence-corrected chi connectivity index (χ4v) is 2.19. The Morgan fingerprint density at radius 2 is 1.17 bits per heavy atom. The maximum Gasteiger partial charge on any atom is 0.308 e. The molecule has 0 heterocycles. The van der Waals surface area contributed by atoms with Gasteiger partial charge >= 0.3 is 11.9 Å². The predicted octanol–water partition coefficient (Wildman–Crippen LogP) is 3.41. The third-order valence-electron chi connectivity index (χ3n) is 4.00. The normalized spacial score (nSPS) is 17.1. The number of carbonyl (C=O) groups is 2. The van der Waals surface area contributed by atoms with Gasteiger partial charge in [-0.1, -0.05) is 0 Å². The number of nitriles is 2. The molecule has 0 saturated heterocycles. The van der Waals surface area contributed by atoms with Crippen molar-refractivity contribution in [3.8, 4) is 12.1 Å². The molecule has 0 aromatic heterocycles. The first kappa shape index (κ1) is 27.4. The standard InChI is InChI=1S/C20H32N4O6/c1-7-27-15(3)29-17(25)9-11-19(5,13-21)23-24-20(6,14-22)12-10-18(26)30-16(4)28-8-2/h15-16H,7-12H2,1-6H3. The van der Waals surface area contributed by atoms with Crippen LogP contribution >= 0.6 is 0 Å². The van der Waals surface area contributed by atoms with Crippen molar-refractivity contribution in [1.29, 1.82) is 10.5 Å². The van der Waals surface area contributed by atoms with Crippen molar-refractivity contribution in [3.63, 3.8) is 0 Å². The van der Waals surface area contributed by atoms with E-state index >= 15 is 0 Å². The van der Waals surface area contributed by atoms with Gasteiger partial charge in [0.05, 0.1) is 12.1 Å². The summed E-state index contributed by atoms with van der Waals surface area (Å²) in [6.45, 7) is 10.6. The molecule has 0 aromatic carbocycles. The minimum absolute atomic E-state index is 0.0557. The van der Waals surface area contributed by atoms with Crippen molar-refractivity contribution in [3.05, 3.63) is 0 Å². The molecule has 0 spiro atoms. The third kappa shape index (κ3) is 11.4. The molecule has 10 nitrogen and oxygen atoms in total. The number of esters is 2. The van der Waals surface area contributed by atoms with Gasteiger partial charge in [0.15, 0.2) is 23.7 Å². The number of rotatable bonds is 14. The number of azo groups is 1. The number of nitrogens with zero attached hydrogens (tertiary/aromatic N) is 4. The second-order valence-corrected chi connectivity index (χ2v) is 7.00. The van der Waals surface area contributed by atoms with Crippen LogP contribution in [0.15, 0.2) is 10.2 Å². The lowest BCUT2D eigenvalue weighted by Gasteiger charge is -2.20. The minimum Gasteiger partial charge on any atom is -0.436 e. The van der Waals surface area contributed by atoms with Crippen molar-refractivity contribution in [2.75, 3.05) is 13.2 Å². The van der Waals surface area contributed by atoms with Crippen molar-refractivity contribution < 1.29 is 28.5 Å². The Morgan fingerprint density at radius 3 is 1.43 bits per heavy atom. The Morgan fingerprint density at radius 1 is 0.833 bits per heavy atom. The Labute approximate surface area is 178 Å². The van der Waals surface area contributed by atoms with Crippen LogP contribution in [0.25, 0.3) is 0 Å². The zero-order valence-electron chi connectivity index (χ0n) is 18.6. The quantitative estimate of drug-likeness (QED) is 0.234. The van der Waals surface area contributed by atoms with E-state index in [1.807, 2.05) is 12.1 Å². The average Bonchev–Trinajstić information content (AvgIpc) is 2.69. The van der Waals surface area contributed by atoms with Crippen molar-refractivity contribution in [2.45, 2.75) is 90.9 Å². The van der Waals surface area contributed by atoms with Gasteiger partial charge in [0.25, 0.3) is 0 Å². The van der Waals surface area contributed by atoms with E-state index < -0.39 is 35.6 Å². The van der Waals surface area contributed by atoms with E-state index in [1.165, 1.54) is 13.8 Å². The molecule has 10 heteroatoms. The van der Waals surface area contributed by atoms with E-state index in [1.54, 1.807) is 27.7 Å². The molecular weight excluding hydrogens is 392 g/mol. The van der Waals surface area contributed by atoms with Crippen molar-refractivity contribution in [1.82, 2.24) is 0 Å². The Bertz CT molecular complexity index is 615. The summed E-state index contributed by atoms with van der Waals surface area (Å²) in [6.07, 6.45) is -1.37. The summed E-state index contributed by atoms with van der Waals surface area (Å²) in [7, 11) is 0. The lowest BCUT2D eigenvalue weighted by atomic mass is 9.97. The minimum atomic E-state index is -1.32. The first-order valence-corrected chi connectivity index (χ1v) is 9.91. The van der Waals surface area contributed by atoms with Gasteiger partial charge in [0.1, 0.15) is 0 Å². The molecule has 30 heavy (non-hydrogen) atoms. The molecule has 0 fully saturated rings. The summed E-state index contributed by atoms with van der Waals surface area (Å²) in [5, 5.41) is 26.9. The van der Waals surface area contributed by atoms with E-state index in [0.717, 1.165) is 0 Å². The molecule has 0 N–H and O–H groups in total. The predicted molar refractivity (Wildman–Crippen MR) is 106 cm³/mol. The van der Waals surface area contributed by atoms with Gasteiger partial charge < -0.3 is 18.9 Å². The number of carbonyl (C=O) groups excluding carboxylic acids is 2. The Hall–Kier alpha value is -2.56. The molecule has 0 saturated carbocycles. The summed E-state index contributed by atoms with van der Waals surface area (Å²) in [5.74, 6) is -1.05. The topological polar surface area (TPSA) is 143 Å². The van der Waals surface area contributed by atoms with Crippen LogP contribution in [0.5, 0.6) is 0 Å². The van der Waals surface area contributed by atoms with Crippen LogP contribution in [0.4, 0.5) is 0 Å². The SMILES string of the molecule is CCOC(C)OC(=O)CCC(C)(C#N)N=NC(C)(C#N)CCC(=O)OC(C)OCC. The molecular formula is C20H32N4O6. The molecule has 0 aromatic rings. The number of hydrogen-bond donors (Lipinski definition) is 0. The fraction of sp³-hybridized carbons (Fsp3) is 0.800. The second kappa shape index (κ2) is 13.6. The molecule has 0 radical (unpaired) electrons. The molecule has 0 aliphatic rings. The van der Waals surface area contributed by atoms with Gasteiger partial charge in [-0.15, -0.1) is 0 Å². The van der Waals surface area contributed by atoms with Crippen LogP contribution in [-0.4, -0.2) is 48.8 Å². The van der Waals surface area contributed by atoms with Gasteiger partial charge in [-0.3, -0.25) is 9.59 Å².